The van der Waals surface area contributed by atoms with Gasteiger partial charge in [0.1, 0.15) is 10.6 Å². The van der Waals surface area contributed by atoms with Crippen molar-refractivity contribution in [2.45, 2.75) is 23.9 Å². The first-order valence-electron chi connectivity index (χ1n) is 6.44. The highest BCUT2D eigenvalue weighted by Gasteiger charge is 2.23. The second-order valence-corrected chi connectivity index (χ2v) is 7.29. The summed E-state index contributed by atoms with van der Waals surface area (Å²) in [6, 6.07) is 1.21. The number of methoxy groups -OCH3 is 1. The first-order valence-corrected chi connectivity index (χ1v) is 8.75. The van der Waals surface area contributed by atoms with Gasteiger partial charge in [-0.25, -0.2) is 8.42 Å². The van der Waals surface area contributed by atoms with Crippen LogP contribution in [0.5, 0.6) is 0 Å². The van der Waals surface area contributed by atoms with Crippen LogP contribution in [0.3, 0.4) is 0 Å². The Morgan fingerprint density at radius 3 is 2.95 bits per heavy atom. The third-order valence-electron chi connectivity index (χ3n) is 3.19. The molecule has 21 heavy (non-hydrogen) atoms. The van der Waals surface area contributed by atoms with Crippen molar-refractivity contribution in [3.63, 3.8) is 0 Å². The lowest BCUT2D eigenvalue weighted by molar-refractivity contribution is 0.0918. The summed E-state index contributed by atoms with van der Waals surface area (Å²) in [4.78, 5) is 12.2. The van der Waals surface area contributed by atoms with E-state index in [0.29, 0.717) is 26.4 Å². The van der Waals surface area contributed by atoms with Crippen molar-refractivity contribution < 1.29 is 22.7 Å². The maximum atomic E-state index is 12.3. The number of hydrogen-bond acceptors (Lipinski definition) is 5. The van der Waals surface area contributed by atoms with Gasteiger partial charge in [-0.1, -0.05) is 0 Å². The lowest BCUT2D eigenvalue weighted by Crippen LogP contribution is -2.36. The van der Waals surface area contributed by atoms with E-state index in [0.717, 1.165) is 6.42 Å². The molecule has 1 N–H and O–H groups in total. The Morgan fingerprint density at radius 1 is 1.62 bits per heavy atom. The minimum atomic E-state index is -3.88. The third kappa shape index (κ3) is 4.19. The van der Waals surface area contributed by atoms with E-state index < -0.39 is 9.05 Å². The first kappa shape index (κ1) is 16.3. The molecule has 7 nitrogen and oxygen atoms in total. The topological polar surface area (TPSA) is 86.6 Å². The molecular formula is C12H17ClN2O5S. The molecule has 0 aliphatic carbocycles. The number of carbonyl (C=O) groups is 1. The monoisotopic (exact) mass is 336 g/mol. The van der Waals surface area contributed by atoms with E-state index in [-0.39, 0.29) is 22.5 Å². The molecule has 2 rings (SSSR count). The van der Waals surface area contributed by atoms with Gasteiger partial charge in [0.15, 0.2) is 0 Å². The molecule has 2 heterocycles. The number of rotatable bonds is 6. The van der Waals surface area contributed by atoms with Gasteiger partial charge in [-0.3, -0.25) is 4.79 Å². The fourth-order valence-corrected chi connectivity index (χ4v) is 2.85. The van der Waals surface area contributed by atoms with Gasteiger partial charge in [0, 0.05) is 37.1 Å². The van der Waals surface area contributed by atoms with Gasteiger partial charge in [-0.05, 0) is 12.5 Å². The number of halogens is 1. The zero-order chi connectivity index (χ0) is 15.5. The molecule has 1 aliphatic heterocycles. The maximum Gasteiger partial charge on any atom is 0.268 e. The molecule has 0 radical (unpaired) electrons. The van der Waals surface area contributed by atoms with Crippen LogP contribution in [0.4, 0.5) is 0 Å². The summed E-state index contributed by atoms with van der Waals surface area (Å²) in [5.74, 6) is -0.354. The molecule has 1 fully saturated rings. The molecule has 9 heteroatoms. The van der Waals surface area contributed by atoms with Crippen LogP contribution in [-0.2, 0) is 25.1 Å². The van der Waals surface area contributed by atoms with Crippen molar-refractivity contribution in [2.75, 3.05) is 26.9 Å². The van der Waals surface area contributed by atoms with E-state index >= 15 is 0 Å². The van der Waals surface area contributed by atoms with Gasteiger partial charge in [-0.15, -0.1) is 0 Å². The SMILES string of the molecule is COCCn1cc(S(=O)(=O)Cl)cc1C(=O)NC1CCOC1. The molecule has 0 aromatic carbocycles. The minimum absolute atomic E-state index is 0.0562. The van der Waals surface area contributed by atoms with Crippen molar-refractivity contribution in [2.24, 2.45) is 0 Å². The molecule has 1 aromatic rings. The Labute approximate surface area is 127 Å². The van der Waals surface area contributed by atoms with Gasteiger partial charge in [-0.2, -0.15) is 0 Å². The number of carbonyl (C=O) groups excluding carboxylic acids is 1. The number of amides is 1. The summed E-state index contributed by atoms with van der Waals surface area (Å²) >= 11 is 0. The Morgan fingerprint density at radius 2 is 2.38 bits per heavy atom. The summed E-state index contributed by atoms with van der Waals surface area (Å²) in [6.45, 7) is 1.78. The van der Waals surface area contributed by atoms with Crippen LogP contribution in [0, 0.1) is 0 Å². The second kappa shape index (κ2) is 6.78. The van der Waals surface area contributed by atoms with Gasteiger partial charge in [0.05, 0.1) is 19.3 Å². The first-order chi connectivity index (χ1) is 9.91. The number of nitrogens with one attached hydrogen (secondary N) is 1. The van der Waals surface area contributed by atoms with Gasteiger partial charge < -0.3 is 19.4 Å². The average molecular weight is 337 g/mol. The van der Waals surface area contributed by atoms with Crippen molar-refractivity contribution in [3.05, 3.63) is 18.0 Å². The molecule has 118 valence electrons. The largest absolute Gasteiger partial charge is 0.383 e. The van der Waals surface area contributed by atoms with Crippen LogP contribution >= 0.6 is 10.7 Å². The Hall–Kier alpha value is -1.09. The fraction of sp³-hybridized carbons (Fsp3) is 0.583. The summed E-state index contributed by atoms with van der Waals surface area (Å²) in [6.07, 6.45) is 2.08. The number of aromatic nitrogens is 1. The normalized spacial score (nSPS) is 18.9. The second-order valence-electron chi connectivity index (χ2n) is 4.72. The van der Waals surface area contributed by atoms with E-state index in [2.05, 4.69) is 5.32 Å². The fourth-order valence-electron chi connectivity index (χ4n) is 2.09. The molecule has 0 saturated carbocycles. The van der Waals surface area contributed by atoms with Gasteiger partial charge >= 0.3 is 0 Å². The molecule has 1 unspecified atom stereocenters. The smallest absolute Gasteiger partial charge is 0.268 e. The van der Waals surface area contributed by atoms with Gasteiger partial charge in [0.2, 0.25) is 0 Å². The highest BCUT2D eigenvalue weighted by atomic mass is 35.7. The van der Waals surface area contributed by atoms with E-state index in [1.165, 1.54) is 23.9 Å². The van der Waals surface area contributed by atoms with Crippen LogP contribution < -0.4 is 5.32 Å². The quantitative estimate of drug-likeness (QED) is 0.768. The summed E-state index contributed by atoms with van der Waals surface area (Å²) in [5, 5.41) is 2.81. The lowest BCUT2D eigenvalue weighted by Gasteiger charge is -2.12. The predicted molar refractivity (Wildman–Crippen MR) is 76.0 cm³/mol. The number of ether oxygens (including phenoxy) is 2. The minimum Gasteiger partial charge on any atom is -0.383 e. The van der Waals surface area contributed by atoms with Crippen LogP contribution in [-0.4, -0.2) is 51.9 Å². The zero-order valence-corrected chi connectivity index (χ0v) is 13.1. The van der Waals surface area contributed by atoms with E-state index in [1.54, 1.807) is 0 Å². The average Bonchev–Trinajstić information content (AvgIpc) is 3.03. The van der Waals surface area contributed by atoms with Crippen LogP contribution in [0.15, 0.2) is 17.2 Å². The standard InChI is InChI=1S/C12H17ClN2O5S/c1-19-5-3-15-7-10(21(13,17)18)6-11(15)12(16)14-9-2-4-20-8-9/h6-7,9H,2-5,8H2,1H3,(H,14,16). The molecular weight excluding hydrogens is 320 g/mol. The molecule has 1 atom stereocenters. The third-order valence-corrected chi connectivity index (χ3v) is 4.51. The maximum absolute atomic E-state index is 12.3. The summed E-state index contributed by atoms with van der Waals surface area (Å²) < 4.78 is 34.5. The Bertz CT molecular complexity index is 607. The summed E-state index contributed by atoms with van der Waals surface area (Å²) in [7, 11) is 2.97. The number of hydrogen-bond donors (Lipinski definition) is 1. The molecule has 0 bridgehead atoms. The number of nitrogens with zero attached hydrogens (tertiary/aromatic N) is 1. The van der Waals surface area contributed by atoms with E-state index in [4.69, 9.17) is 20.2 Å². The predicted octanol–water partition coefficient (Wildman–Crippen LogP) is 0.581. The van der Waals surface area contributed by atoms with Crippen molar-refractivity contribution in [3.8, 4) is 0 Å². The highest BCUT2D eigenvalue weighted by molar-refractivity contribution is 8.13. The van der Waals surface area contributed by atoms with Crippen LogP contribution in [0.25, 0.3) is 0 Å². The molecule has 1 amide bonds. The summed E-state index contributed by atoms with van der Waals surface area (Å²) in [5.41, 5.74) is 0.234. The van der Waals surface area contributed by atoms with Gasteiger partial charge in [0.25, 0.3) is 15.0 Å². The van der Waals surface area contributed by atoms with Crippen molar-refractivity contribution >= 4 is 25.6 Å². The van der Waals surface area contributed by atoms with Crippen LogP contribution in [0.2, 0.25) is 0 Å². The Kier molecular flexibility index (Phi) is 5.26. The highest BCUT2D eigenvalue weighted by Crippen LogP contribution is 2.19. The molecule has 0 spiro atoms. The molecule has 1 saturated heterocycles. The molecule has 1 aliphatic rings. The van der Waals surface area contributed by atoms with Crippen LogP contribution in [0.1, 0.15) is 16.9 Å². The zero-order valence-electron chi connectivity index (χ0n) is 11.5. The van der Waals surface area contributed by atoms with E-state index in [9.17, 15) is 13.2 Å². The Balaban J connectivity index is 2.22. The van der Waals surface area contributed by atoms with E-state index in [1.807, 2.05) is 0 Å². The molecule has 1 aromatic heterocycles. The van der Waals surface area contributed by atoms with Crippen molar-refractivity contribution in [1.29, 1.82) is 0 Å². The lowest BCUT2D eigenvalue weighted by atomic mass is 10.2. The van der Waals surface area contributed by atoms with Crippen molar-refractivity contribution in [1.82, 2.24) is 9.88 Å².